The minimum atomic E-state index is -0.442. The highest BCUT2D eigenvalue weighted by molar-refractivity contribution is 5.82. The zero-order valence-corrected chi connectivity index (χ0v) is 13.7. The van der Waals surface area contributed by atoms with Gasteiger partial charge in [-0.25, -0.2) is 4.79 Å². The Labute approximate surface area is 135 Å². The lowest BCUT2D eigenvalue weighted by Crippen LogP contribution is -2.33. The summed E-state index contributed by atoms with van der Waals surface area (Å²) in [5, 5.41) is 7.10. The lowest BCUT2D eigenvalue weighted by molar-refractivity contribution is -0.135. The molecule has 23 heavy (non-hydrogen) atoms. The number of carbonyl (C=O) groups excluding carboxylic acids is 2. The number of hydrogen-bond donors (Lipinski definition) is 1. The lowest BCUT2D eigenvalue weighted by atomic mass is 9.97. The molecule has 126 valence electrons. The molecule has 0 aliphatic carbocycles. The molecule has 0 radical (unpaired) electrons. The fourth-order valence-corrected chi connectivity index (χ4v) is 2.64. The monoisotopic (exact) mass is 321 g/mol. The van der Waals surface area contributed by atoms with Crippen LogP contribution in [0.3, 0.4) is 0 Å². The third kappa shape index (κ3) is 4.19. The van der Waals surface area contributed by atoms with Gasteiger partial charge in [0.05, 0.1) is 18.7 Å². The van der Waals surface area contributed by atoms with E-state index in [2.05, 4.69) is 15.2 Å². The third-order valence-corrected chi connectivity index (χ3v) is 3.76. The average molecular weight is 321 g/mol. The highest BCUT2D eigenvalue weighted by atomic mass is 16.5. The van der Waals surface area contributed by atoms with E-state index in [1.807, 2.05) is 24.6 Å². The van der Waals surface area contributed by atoms with E-state index in [9.17, 15) is 9.59 Å². The number of methoxy groups -OCH3 is 1. The van der Waals surface area contributed by atoms with Gasteiger partial charge >= 0.3 is 5.97 Å². The number of nitrogens with zero attached hydrogens (tertiary/aromatic N) is 2. The molecule has 0 aromatic carbocycles. The number of amides is 1. The van der Waals surface area contributed by atoms with Gasteiger partial charge < -0.3 is 14.8 Å². The summed E-state index contributed by atoms with van der Waals surface area (Å²) in [6.07, 6.45) is 4.96. The van der Waals surface area contributed by atoms with E-state index in [4.69, 9.17) is 4.74 Å². The van der Waals surface area contributed by atoms with Gasteiger partial charge in [-0.3, -0.25) is 9.48 Å². The molecule has 1 saturated heterocycles. The summed E-state index contributed by atoms with van der Waals surface area (Å²) in [5.41, 5.74) is 0.919. The van der Waals surface area contributed by atoms with E-state index >= 15 is 0 Å². The van der Waals surface area contributed by atoms with Crippen LogP contribution in [0.5, 0.6) is 0 Å². The Morgan fingerprint density at radius 3 is 3.04 bits per heavy atom. The number of carbonyl (C=O) groups is 2. The van der Waals surface area contributed by atoms with Crippen LogP contribution < -0.4 is 5.32 Å². The maximum Gasteiger partial charge on any atom is 0.330 e. The molecular weight excluding hydrogens is 298 g/mol. The fourth-order valence-electron chi connectivity index (χ4n) is 2.64. The third-order valence-electron chi connectivity index (χ3n) is 3.76. The Bertz CT molecular complexity index is 580. The first-order valence-electron chi connectivity index (χ1n) is 7.71. The first kappa shape index (κ1) is 17.2. The second kappa shape index (κ2) is 7.92. The maximum absolute atomic E-state index is 12.4. The Balaban J connectivity index is 1.98. The van der Waals surface area contributed by atoms with Crippen LogP contribution in [-0.2, 0) is 19.1 Å². The van der Waals surface area contributed by atoms with Crippen molar-refractivity contribution in [3.63, 3.8) is 0 Å². The second-order valence-corrected chi connectivity index (χ2v) is 5.65. The average Bonchev–Trinajstić information content (AvgIpc) is 3.18. The van der Waals surface area contributed by atoms with Crippen LogP contribution in [0.25, 0.3) is 0 Å². The molecule has 1 aromatic heterocycles. The van der Waals surface area contributed by atoms with Crippen molar-refractivity contribution in [2.75, 3.05) is 20.3 Å². The Hall–Kier alpha value is -2.15. The van der Waals surface area contributed by atoms with Gasteiger partial charge in [-0.05, 0) is 26.3 Å². The summed E-state index contributed by atoms with van der Waals surface area (Å²) < 4.78 is 12.1. The van der Waals surface area contributed by atoms with E-state index in [1.165, 1.54) is 13.2 Å². The number of rotatable bonds is 6. The molecule has 1 N–H and O–H groups in total. The highest BCUT2D eigenvalue weighted by Crippen LogP contribution is 2.35. The van der Waals surface area contributed by atoms with E-state index < -0.39 is 5.97 Å². The summed E-state index contributed by atoms with van der Waals surface area (Å²) in [7, 11) is 1.31. The standard InChI is InChI=1S/C16H23N3O4/c1-11(2)19-13(6-9-18-19)15-12(7-10-23-15)16(21)17-8-4-5-14(20)22-3/h4-6,9,11-12,15H,7-8,10H2,1-3H3,(H,17,21)/b5-4+/t12-,15-/m1/s1. The van der Waals surface area contributed by atoms with Crippen LogP contribution >= 0.6 is 0 Å². The molecule has 1 fully saturated rings. The molecule has 1 aliphatic heterocycles. The number of hydrogen-bond acceptors (Lipinski definition) is 5. The van der Waals surface area contributed by atoms with Crippen molar-refractivity contribution in [3.05, 3.63) is 30.1 Å². The Morgan fingerprint density at radius 2 is 2.35 bits per heavy atom. The zero-order valence-electron chi connectivity index (χ0n) is 13.7. The summed E-state index contributed by atoms with van der Waals surface area (Å²) in [5.74, 6) is -0.781. The molecule has 0 bridgehead atoms. The van der Waals surface area contributed by atoms with Crippen molar-refractivity contribution >= 4 is 11.9 Å². The topological polar surface area (TPSA) is 82.4 Å². The van der Waals surface area contributed by atoms with Crippen LogP contribution in [0.2, 0.25) is 0 Å². The quantitative estimate of drug-likeness (QED) is 0.632. The Kier molecular flexibility index (Phi) is 5.92. The van der Waals surface area contributed by atoms with Crippen LogP contribution in [0, 0.1) is 5.92 Å². The minimum absolute atomic E-state index is 0.0847. The van der Waals surface area contributed by atoms with Crippen molar-refractivity contribution in [2.45, 2.75) is 32.4 Å². The summed E-state index contributed by atoms with van der Waals surface area (Å²) in [6.45, 7) is 4.90. The van der Waals surface area contributed by atoms with Crippen molar-refractivity contribution in [3.8, 4) is 0 Å². The molecule has 0 spiro atoms. The van der Waals surface area contributed by atoms with Gasteiger partial charge in [0.1, 0.15) is 6.10 Å². The van der Waals surface area contributed by atoms with E-state index in [0.717, 1.165) is 5.69 Å². The predicted octanol–water partition coefficient (Wildman–Crippen LogP) is 1.39. The van der Waals surface area contributed by atoms with Crippen molar-refractivity contribution in [2.24, 2.45) is 5.92 Å². The van der Waals surface area contributed by atoms with Crippen LogP contribution in [-0.4, -0.2) is 41.9 Å². The summed E-state index contributed by atoms with van der Waals surface area (Å²) in [6, 6.07) is 2.10. The normalized spacial score (nSPS) is 21.0. The molecule has 7 nitrogen and oxygen atoms in total. The number of ether oxygens (including phenoxy) is 2. The summed E-state index contributed by atoms with van der Waals surface area (Å²) in [4.78, 5) is 23.3. The van der Waals surface area contributed by atoms with Crippen LogP contribution in [0.4, 0.5) is 0 Å². The lowest BCUT2D eigenvalue weighted by Gasteiger charge is -2.20. The highest BCUT2D eigenvalue weighted by Gasteiger charge is 2.37. The molecule has 1 amide bonds. The fraction of sp³-hybridized carbons (Fsp3) is 0.562. The molecule has 2 atom stereocenters. The second-order valence-electron chi connectivity index (χ2n) is 5.65. The smallest absolute Gasteiger partial charge is 0.330 e. The molecule has 1 aliphatic rings. The molecular formula is C16H23N3O4. The number of nitrogens with one attached hydrogen (secondary N) is 1. The van der Waals surface area contributed by atoms with Crippen LogP contribution in [0.1, 0.15) is 38.1 Å². The van der Waals surface area contributed by atoms with E-state index in [1.54, 1.807) is 12.3 Å². The van der Waals surface area contributed by atoms with Gasteiger partial charge in [0.2, 0.25) is 5.91 Å². The number of aromatic nitrogens is 2. The molecule has 0 saturated carbocycles. The first-order chi connectivity index (χ1) is 11.0. The SMILES string of the molecule is COC(=O)/C=C/CNC(=O)[C@@H]1CCO[C@H]1c1ccnn1C(C)C. The van der Waals surface area contributed by atoms with E-state index in [0.29, 0.717) is 13.0 Å². The van der Waals surface area contributed by atoms with Crippen molar-refractivity contribution in [1.29, 1.82) is 0 Å². The van der Waals surface area contributed by atoms with Gasteiger partial charge in [0.15, 0.2) is 0 Å². The molecule has 0 unspecified atom stereocenters. The van der Waals surface area contributed by atoms with E-state index in [-0.39, 0.29) is 30.5 Å². The largest absolute Gasteiger partial charge is 0.466 e. The Morgan fingerprint density at radius 1 is 1.57 bits per heavy atom. The van der Waals surface area contributed by atoms with Gasteiger partial charge in [0.25, 0.3) is 0 Å². The van der Waals surface area contributed by atoms with Crippen LogP contribution in [0.15, 0.2) is 24.4 Å². The first-order valence-corrected chi connectivity index (χ1v) is 7.71. The maximum atomic E-state index is 12.4. The predicted molar refractivity (Wildman–Crippen MR) is 83.6 cm³/mol. The van der Waals surface area contributed by atoms with Crippen molar-refractivity contribution in [1.82, 2.24) is 15.1 Å². The van der Waals surface area contributed by atoms with Gasteiger partial charge in [-0.1, -0.05) is 6.08 Å². The molecule has 7 heteroatoms. The zero-order chi connectivity index (χ0) is 16.8. The van der Waals surface area contributed by atoms with Crippen molar-refractivity contribution < 1.29 is 19.1 Å². The van der Waals surface area contributed by atoms with Gasteiger partial charge in [-0.15, -0.1) is 0 Å². The van der Waals surface area contributed by atoms with Gasteiger partial charge in [0, 0.05) is 31.5 Å². The van der Waals surface area contributed by atoms with Gasteiger partial charge in [-0.2, -0.15) is 5.10 Å². The molecule has 2 rings (SSSR count). The molecule has 2 heterocycles. The number of esters is 1. The minimum Gasteiger partial charge on any atom is -0.466 e. The summed E-state index contributed by atoms with van der Waals surface area (Å²) >= 11 is 0. The molecule has 1 aromatic rings.